The highest BCUT2D eigenvalue weighted by Gasteiger charge is 2.33. The topological polar surface area (TPSA) is 33.5 Å². The summed E-state index contributed by atoms with van der Waals surface area (Å²) in [5, 5.41) is 0.643. The Morgan fingerprint density at radius 1 is 1.11 bits per heavy atom. The van der Waals surface area contributed by atoms with Gasteiger partial charge in [0, 0.05) is 16.7 Å². The molecule has 0 atom stereocenters. The van der Waals surface area contributed by atoms with Gasteiger partial charge in [-0.05, 0) is 48.9 Å². The molecule has 1 saturated heterocycles. The van der Waals surface area contributed by atoms with Crippen LogP contribution in [0.5, 0.6) is 0 Å². The Morgan fingerprint density at radius 3 is 2.70 bits per heavy atom. The molecule has 2 heterocycles. The first-order valence-corrected chi connectivity index (χ1v) is 9.82. The molecule has 1 aromatic heterocycles. The molecule has 0 saturated carbocycles. The number of amides is 1. The maximum atomic E-state index is 12.8. The summed E-state index contributed by atoms with van der Waals surface area (Å²) in [5.41, 5.74) is 2.73. The molecule has 27 heavy (non-hydrogen) atoms. The van der Waals surface area contributed by atoms with E-state index in [-0.39, 0.29) is 5.91 Å². The van der Waals surface area contributed by atoms with Crippen LogP contribution in [-0.4, -0.2) is 10.2 Å². The Kier molecular flexibility index (Phi) is 4.91. The third-order valence-electron chi connectivity index (χ3n) is 4.06. The van der Waals surface area contributed by atoms with Crippen molar-refractivity contribution in [3.8, 4) is 11.3 Å². The first-order chi connectivity index (χ1) is 13.0. The van der Waals surface area contributed by atoms with Crippen molar-refractivity contribution in [3.05, 3.63) is 81.9 Å². The first-order valence-electron chi connectivity index (χ1n) is 8.22. The zero-order valence-electron chi connectivity index (χ0n) is 14.3. The molecular weight excluding hydrogens is 398 g/mol. The van der Waals surface area contributed by atoms with Crippen LogP contribution < -0.4 is 4.90 Å². The van der Waals surface area contributed by atoms with Crippen molar-refractivity contribution in [3.63, 3.8) is 0 Å². The number of halogens is 1. The predicted molar refractivity (Wildman–Crippen MR) is 116 cm³/mol. The van der Waals surface area contributed by atoms with Crippen molar-refractivity contribution in [2.45, 2.75) is 6.92 Å². The number of carbonyl (C=O) groups excluding carboxylic acids is 1. The van der Waals surface area contributed by atoms with Gasteiger partial charge in [0.15, 0.2) is 4.32 Å². The number of hydrogen-bond donors (Lipinski definition) is 0. The molecule has 0 unspecified atom stereocenters. The fourth-order valence-electron chi connectivity index (χ4n) is 2.81. The number of nitrogens with zero attached hydrogens (tertiary/aromatic N) is 1. The third-order valence-corrected chi connectivity index (χ3v) is 5.60. The van der Waals surface area contributed by atoms with E-state index in [0.717, 1.165) is 16.8 Å². The van der Waals surface area contributed by atoms with E-state index in [9.17, 15) is 4.79 Å². The average Bonchev–Trinajstić information content (AvgIpc) is 3.20. The summed E-state index contributed by atoms with van der Waals surface area (Å²) in [5.74, 6) is 1.14. The molecule has 1 fully saturated rings. The molecule has 134 valence electrons. The van der Waals surface area contributed by atoms with Gasteiger partial charge in [0.1, 0.15) is 11.5 Å². The van der Waals surface area contributed by atoms with Crippen molar-refractivity contribution in [2.75, 3.05) is 4.90 Å². The van der Waals surface area contributed by atoms with Crippen LogP contribution in [-0.2, 0) is 4.79 Å². The largest absolute Gasteiger partial charge is 0.457 e. The number of benzene rings is 2. The minimum Gasteiger partial charge on any atom is -0.457 e. The third kappa shape index (κ3) is 3.72. The maximum Gasteiger partial charge on any atom is 0.270 e. The lowest BCUT2D eigenvalue weighted by molar-refractivity contribution is -0.113. The lowest BCUT2D eigenvalue weighted by atomic mass is 10.2. The highest BCUT2D eigenvalue weighted by atomic mass is 35.5. The minimum absolute atomic E-state index is 0.142. The van der Waals surface area contributed by atoms with Crippen molar-refractivity contribution in [2.24, 2.45) is 0 Å². The van der Waals surface area contributed by atoms with Gasteiger partial charge in [-0.25, -0.2) is 0 Å². The van der Waals surface area contributed by atoms with Crippen LogP contribution in [0.15, 0.2) is 70.0 Å². The number of hydrogen-bond acceptors (Lipinski definition) is 4. The molecule has 4 rings (SSSR count). The van der Waals surface area contributed by atoms with Crippen LogP contribution in [0.2, 0.25) is 5.02 Å². The fourth-order valence-corrected chi connectivity index (χ4v) is 4.28. The smallest absolute Gasteiger partial charge is 0.270 e. The Hall–Kier alpha value is -2.34. The summed E-state index contributed by atoms with van der Waals surface area (Å²) < 4.78 is 6.38. The second kappa shape index (κ2) is 7.35. The number of furan rings is 1. The molecule has 0 aliphatic carbocycles. The van der Waals surface area contributed by atoms with Crippen molar-refractivity contribution < 1.29 is 9.21 Å². The second-order valence-electron chi connectivity index (χ2n) is 6.07. The number of rotatable bonds is 3. The number of thioether (sulfide) groups is 1. The fraction of sp³-hybridized carbons (Fsp3) is 0.0476. The molecule has 3 aromatic rings. The Labute approximate surface area is 171 Å². The molecule has 0 bridgehead atoms. The normalized spacial score (nSPS) is 15.8. The number of aryl methyl sites for hydroxylation is 1. The van der Waals surface area contributed by atoms with E-state index in [4.69, 9.17) is 28.2 Å². The van der Waals surface area contributed by atoms with E-state index in [2.05, 4.69) is 0 Å². The lowest BCUT2D eigenvalue weighted by Gasteiger charge is -2.14. The molecule has 0 radical (unpaired) electrons. The van der Waals surface area contributed by atoms with Gasteiger partial charge in [0.2, 0.25) is 0 Å². The average molecular weight is 412 g/mol. The number of thiocarbonyl (C=S) groups is 1. The van der Waals surface area contributed by atoms with E-state index in [1.165, 1.54) is 11.8 Å². The molecule has 6 heteroatoms. The minimum atomic E-state index is -0.142. The Morgan fingerprint density at radius 2 is 1.93 bits per heavy atom. The Balaban J connectivity index is 1.62. The molecule has 1 aliphatic heterocycles. The molecule has 3 nitrogen and oxygen atoms in total. The molecular formula is C21H14ClNO2S2. The van der Waals surface area contributed by atoms with E-state index in [1.54, 1.807) is 11.0 Å². The zero-order valence-corrected chi connectivity index (χ0v) is 16.7. The number of carbonyl (C=O) groups is 1. The van der Waals surface area contributed by atoms with Crippen LogP contribution in [0.25, 0.3) is 17.4 Å². The van der Waals surface area contributed by atoms with Crippen LogP contribution in [0, 0.1) is 6.92 Å². The van der Waals surface area contributed by atoms with Crippen LogP contribution in [0.4, 0.5) is 5.69 Å². The van der Waals surface area contributed by atoms with Crippen molar-refractivity contribution in [1.29, 1.82) is 0 Å². The van der Waals surface area contributed by atoms with Gasteiger partial charge in [-0.2, -0.15) is 0 Å². The van der Waals surface area contributed by atoms with Gasteiger partial charge >= 0.3 is 0 Å². The van der Waals surface area contributed by atoms with Gasteiger partial charge in [0.05, 0.1) is 10.6 Å². The SMILES string of the molecule is Cc1cccc(N2C(=O)/C(=C/c3ccc(-c4cccc(Cl)c4)o3)SC2=S)c1. The molecule has 2 aromatic carbocycles. The predicted octanol–water partition coefficient (Wildman–Crippen LogP) is 6.31. The van der Waals surface area contributed by atoms with Gasteiger partial charge in [-0.1, -0.05) is 59.8 Å². The summed E-state index contributed by atoms with van der Waals surface area (Å²) in [4.78, 5) is 14.9. The van der Waals surface area contributed by atoms with Gasteiger partial charge in [-0.15, -0.1) is 0 Å². The summed E-state index contributed by atoms with van der Waals surface area (Å²) in [6.45, 7) is 1.98. The molecule has 1 amide bonds. The van der Waals surface area contributed by atoms with Gasteiger partial charge in [0.25, 0.3) is 5.91 Å². The van der Waals surface area contributed by atoms with Gasteiger partial charge in [-0.3, -0.25) is 9.69 Å². The second-order valence-corrected chi connectivity index (χ2v) is 8.18. The van der Waals surface area contributed by atoms with Gasteiger partial charge < -0.3 is 4.42 Å². The first kappa shape index (κ1) is 18.0. The zero-order chi connectivity index (χ0) is 19.0. The Bertz CT molecular complexity index is 1090. The van der Waals surface area contributed by atoms with E-state index >= 15 is 0 Å². The van der Waals surface area contributed by atoms with E-state index < -0.39 is 0 Å². The van der Waals surface area contributed by atoms with Crippen LogP contribution >= 0.6 is 35.6 Å². The monoisotopic (exact) mass is 411 g/mol. The summed E-state index contributed by atoms with van der Waals surface area (Å²) in [6.07, 6.45) is 1.73. The maximum absolute atomic E-state index is 12.8. The standard InChI is InChI=1S/C21H14ClNO2S2/c1-13-4-2-7-16(10-13)23-20(24)19(27-21(23)26)12-17-8-9-18(25-17)14-5-3-6-15(22)11-14/h2-12H,1H3/b19-12-. The highest BCUT2D eigenvalue weighted by molar-refractivity contribution is 8.27. The quantitative estimate of drug-likeness (QED) is 0.373. The van der Waals surface area contributed by atoms with Crippen molar-refractivity contribution >= 4 is 57.6 Å². The molecule has 0 spiro atoms. The van der Waals surface area contributed by atoms with E-state index in [1.807, 2.05) is 67.6 Å². The number of anilines is 1. The van der Waals surface area contributed by atoms with Crippen molar-refractivity contribution in [1.82, 2.24) is 0 Å². The summed E-state index contributed by atoms with van der Waals surface area (Å²) in [6, 6.07) is 18.8. The van der Waals surface area contributed by atoms with E-state index in [0.29, 0.717) is 25.8 Å². The van der Waals surface area contributed by atoms with Crippen LogP contribution in [0.3, 0.4) is 0 Å². The molecule has 0 N–H and O–H groups in total. The summed E-state index contributed by atoms with van der Waals surface area (Å²) in [7, 11) is 0. The highest BCUT2D eigenvalue weighted by Crippen LogP contribution is 2.37. The van der Waals surface area contributed by atoms with Crippen LogP contribution in [0.1, 0.15) is 11.3 Å². The molecule has 1 aliphatic rings. The lowest BCUT2D eigenvalue weighted by Crippen LogP contribution is -2.27. The summed E-state index contributed by atoms with van der Waals surface area (Å²) >= 11 is 12.7.